The standard InChI is InChI=1S/C22H44N4O.HI/c1-18-10-14-26(15-11-18)13-7-6-12-24-21(23-5)25-17-19-9-8-16-27-20(19)22(2,3)4;/h18-20H,6-17H2,1-5H3,(H2,23,24,25);1H. The Kier molecular flexibility index (Phi) is 12.3. The molecule has 2 aliphatic rings. The maximum Gasteiger partial charge on any atom is 0.190 e. The Bertz CT molecular complexity index is 444. The van der Waals surface area contributed by atoms with Crippen LogP contribution in [0.3, 0.4) is 0 Å². The molecule has 0 aromatic rings. The first-order chi connectivity index (χ1) is 12.9. The van der Waals surface area contributed by atoms with Crippen LogP contribution in [0.1, 0.15) is 66.2 Å². The fraction of sp³-hybridized carbons (Fsp3) is 0.955. The predicted octanol–water partition coefficient (Wildman–Crippen LogP) is 4.12. The van der Waals surface area contributed by atoms with Crippen molar-refractivity contribution in [2.45, 2.75) is 72.3 Å². The maximum absolute atomic E-state index is 6.09. The summed E-state index contributed by atoms with van der Waals surface area (Å²) in [5, 5.41) is 7.02. The van der Waals surface area contributed by atoms with Crippen LogP contribution in [0.5, 0.6) is 0 Å². The van der Waals surface area contributed by atoms with Crippen LogP contribution in [-0.2, 0) is 4.74 Å². The van der Waals surface area contributed by atoms with Crippen LogP contribution in [0.2, 0.25) is 0 Å². The zero-order valence-corrected chi connectivity index (χ0v) is 21.3. The van der Waals surface area contributed by atoms with Gasteiger partial charge < -0.3 is 20.3 Å². The summed E-state index contributed by atoms with van der Waals surface area (Å²) >= 11 is 0. The lowest BCUT2D eigenvalue weighted by Gasteiger charge is -2.40. The highest BCUT2D eigenvalue weighted by molar-refractivity contribution is 14.0. The molecule has 0 amide bonds. The van der Waals surface area contributed by atoms with E-state index in [-0.39, 0.29) is 29.4 Å². The molecule has 0 saturated carbocycles. The van der Waals surface area contributed by atoms with Crippen molar-refractivity contribution in [1.82, 2.24) is 15.5 Å². The molecule has 166 valence electrons. The molecule has 0 aromatic carbocycles. The number of likely N-dealkylation sites (tertiary alicyclic amines) is 1. The number of piperidine rings is 1. The molecule has 2 saturated heterocycles. The second kappa shape index (κ2) is 13.3. The molecular formula is C22H45IN4O. The van der Waals surface area contributed by atoms with Gasteiger partial charge in [-0.25, -0.2) is 0 Å². The lowest BCUT2D eigenvalue weighted by Crippen LogP contribution is -2.47. The van der Waals surface area contributed by atoms with E-state index in [0.29, 0.717) is 12.0 Å². The van der Waals surface area contributed by atoms with Crippen molar-refractivity contribution in [2.75, 3.05) is 46.4 Å². The predicted molar refractivity (Wildman–Crippen MR) is 131 cm³/mol. The first-order valence-electron chi connectivity index (χ1n) is 11.2. The van der Waals surface area contributed by atoms with Gasteiger partial charge in [-0.05, 0) is 69.5 Å². The quantitative estimate of drug-likeness (QED) is 0.235. The van der Waals surface area contributed by atoms with Crippen molar-refractivity contribution in [1.29, 1.82) is 0 Å². The monoisotopic (exact) mass is 508 g/mol. The van der Waals surface area contributed by atoms with E-state index in [1.807, 2.05) is 7.05 Å². The molecule has 2 rings (SSSR count). The largest absolute Gasteiger partial charge is 0.377 e. The zero-order valence-electron chi connectivity index (χ0n) is 18.9. The first kappa shape index (κ1) is 26.0. The highest BCUT2D eigenvalue weighted by atomic mass is 127. The first-order valence-corrected chi connectivity index (χ1v) is 11.2. The molecule has 2 unspecified atom stereocenters. The minimum Gasteiger partial charge on any atom is -0.377 e. The van der Waals surface area contributed by atoms with Gasteiger partial charge in [-0.2, -0.15) is 0 Å². The van der Waals surface area contributed by atoms with Gasteiger partial charge in [0.2, 0.25) is 0 Å². The van der Waals surface area contributed by atoms with Gasteiger partial charge in [0.05, 0.1) is 6.10 Å². The maximum atomic E-state index is 6.09. The summed E-state index contributed by atoms with van der Waals surface area (Å²) < 4.78 is 6.09. The van der Waals surface area contributed by atoms with Crippen LogP contribution in [0.4, 0.5) is 0 Å². The van der Waals surface area contributed by atoms with Crippen LogP contribution in [0, 0.1) is 17.3 Å². The van der Waals surface area contributed by atoms with E-state index in [1.165, 1.54) is 58.2 Å². The van der Waals surface area contributed by atoms with E-state index >= 15 is 0 Å². The molecule has 0 bridgehead atoms. The number of halogens is 1. The van der Waals surface area contributed by atoms with E-state index in [9.17, 15) is 0 Å². The van der Waals surface area contributed by atoms with Crippen molar-refractivity contribution in [3.63, 3.8) is 0 Å². The number of aliphatic imine (C=N–C) groups is 1. The average molecular weight is 509 g/mol. The fourth-order valence-corrected chi connectivity index (χ4v) is 4.41. The van der Waals surface area contributed by atoms with Gasteiger partial charge in [0, 0.05) is 32.7 Å². The number of rotatable bonds is 7. The van der Waals surface area contributed by atoms with Gasteiger partial charge in [-0.1, -0.05) is 27.7 Å². The molecule has 2 N–H and O–H groups in total. The third-order valence-electron chi connectivity index (χ3n) is 6.12. The molecule has 28 heavy (non-hydrogen) atoms. The third-order valence-corrected chi connectivity index (χ3v) is 6.12. The lowest BCUT2D eigenvalue weighted by molar-refractivity contribution is -0.0835. The highest BCUT2D eigenvalue weighted by Gasteiger charge is 2.35. The SMILES string of the molecule is CN=C(NCCCCN1CCC(C)CC1)NCC1CCCOC1C(C)(C)C.I. The summed E-state index contributed by atoms with van der Waals surface area (Å²) in [4.78, 5) is 7.03. The Morgan fingerprint density at radius 2 is 1.82 bits per heavy atom. The Balaban J connectivity index is 0.00000392. The Morgan fingerprint density at radius 1 is 1.11 bits per heavy atom. The molecule has 0 aromatic heterocycles. The van der Waals surface area contributed by atoms with Gasteiger partial charge in [-0.3, -0.25) is 4.99 Å². The topological polar surface area (TPSA) is 48.9 Å². The summed E-state index contributed by atoms with van der Waals surface area (Å²) in [5.74, 6) is 2.41. The molecule has 2 atom stereocenters. The Morgan fingerprint density at radius 3 is 2.46 bits per heavy atom. The van der Waals surface area contributed by atoms with Crippen LogP contribution in [0.25, 0.3) is 0 Å². The third kappa shape index (κ3) is 9.16. The molecule has 5 nitrogen and oxygen atoms in total. The van der Waals surface area contributed by atoms with Crippen molar-refractivity contribution in [3.05, 3.63) is 0 Å². The van der Waals surface area contributed by atoms with Crippen molar-refractivity contribution >= 4 is 29.9 Å². The smallest absolute Gasteiger partial charge is 0.190 e. The Hall–Kier alpha value is -0.0800. The van der Waals surface area contributed by atoms with Crippen LogP contribution in [-0.4, -0.2) is 63.3 Å². The molecule has 0 radical (unpaired) electrons. The van der Waals surface area contributed by atoms with Crippen molar-refractivity contribution < 1.29 is 4.74 Å². The summed E-state index contributed by atoms with van der Waals surface area (Å²) in [6, 6.07) is 0. The molecule has 2 heterocycles. The van der Waals surface area contributed by atoms with Crippen molar-refractivity contribution in [2.24, 2.45) is 22.2 Å². The van der Waals surface area contributed by atoms with E-state index in [0.717, 1.165) is 31.6 Å². The lowest BCUT2D eigenvalue weighted by atomic mass is 9.78. The number of nitrogens with zero attached hydrogens (tertiary/aromatic N) is 2. The Labute approximate surface area is 190 Å². The fourth-order valence-electron chi connectivity index (χ4n) is 4.41. The number of guanidine groups is 1. The molecule has 0 aliphatic carbocycles. The zero-order chi connectivity index (χ0) is 19.7. The van der Waals surface area contributed by atoms with E-state index in [2.05, 4.69) is 48.2 Å². The van der Waals surface area contributed by atoms with Gasteiger partial charge in [0.1, 0.15) is 0 Å². The second-order valence-electron chi connectivity index (χ2n) is 9.67. The molecule has 2 aliphatic heterocycles. The highest BCUT2D eigenvalue weighted by Crippen LogP contribution is 2.33. The number of ether oxygens (including phenoxy) is 1. The normalized spacial score (nSPS) is 25.2. The summed E-state index contributed by atoms with van der Waals surface area (Å²) in [7, 11) is 1.86. The van der Waals surface area contributed by atoms with E-state index in [4.69, 9.17) is 4.74 Å². The van der Waals surface area contributed by atoms with E-state index < -0.39 is 0 Å². The number of hydrogen-bond donors (Lipinski definition) is 2. The van der Waals surface area contributed by atoms with Gasteiger partial charge in [-0.15, -0.1) is 24.0 Å². The van der Waals surface area contributed by atoms with Crippen LogP contribution in [0.15, 0.2) is 4.99 Å². The summed E-state index contributed by atoms with van der Waals surface area (Å²) in [6.45, 7) is 15.9. The molecule has 2 fully saturated rings. The number of nitrogens with one attached hydrogen (secondary N) is 2. The minimum absolute atomic E-state index is 0. The molecular weight excluding hydrogens is 463 g/mol. The van der Waals surface area contributed by atoms with E-state index in [1.54, 1.807) is 0 Å². The molecule has 6 heteroatoms. The average Bonchev–Trinajstić information content (AvgIpc) is 2.65. The minimum atomic E-state index is 0. The molecule has 0 spiro atoms. The van der Waals surface area contributed by atoms with Crippen molar-refractivity contribution in [3.8, 4) is 0 Å². The summed E-state index contributed by atoms with van der Waals surface area (Å²) in [6.07, 6.45) is 7.93. The van der Waals surface area contributed by atoms with Crippen LogP contribution >= 0.6 is 24.0 Å². The van der Waals surface area contributed by atoms with Gasteiger partial charge >= 0.3 is 0 Å². The number of unbranched alkanes of at least 4 members (excludes halogenated alkanes) is 1. The van der Waals surface area contributed by atoms with Gasteiger partial charge in [0.15, 0.2) is 5.96 Å². The van der Waals surface area contributed by atoms with Gasteiger partial charge in [0.25, 0.3) is 0 Å². The number of hydrogen-bond acceptors (Lipinski definition) is 3. The van der Waals surface area contributed by atoms with Crippen LogP contribution < -0.4 is 10.6 Å². The second-order valence-corrected chi connectivity index (χ2v) is 9.67. The summed E-state index contributed by atoms with van der Waals surface area (Å²) in [5.41, 5.74) is 0.190.